The molecule has 3 rings (SSSR count). The predicted octanol–water partition coefficient (Wildman–Crippen LogP) is 0.596. The molecule has 0 aromatic carbocycles. The van der Waals surface area contributed by atoms with Gasteiger partial charge in [0.15, 0.2) is 5.60 Å². The van der Waals surface area contributed by atoms with Crippen molar-refractivity contribution >= 4 is 18.2 Å². The number of carbonyl (C=O) groups excluding carboxylic acids is 3. The summed E-state index contributed by atoms with van der Waals surface area (Å²) < 4.78 is 11.2. The van der Waals surface area contributed by atoms with Crippen molar-refractivity contribution in [2.24, 2.45) is 0 Å². The Bertz CT molecular complexity index is 498. The molecule has 3 aliphatic heterocycles. The monoisotopic (exact) mass is 293 g/mol. The highest BCUT2D eigenvalue weighted by Gasteiger charge is 2.61. The number of ether oxygens (including phenoxy) is 2. The maximum atomic E-state index is 12.4. The number of nitrogens with zero attached hydrogens (tertiary/aromatic N) is 1. The number of hydrogen-bond acceptors (Lipinski definition) is 5. The number of rotatable bonds is 2. The van der Waals surface area contributed by atoms with Crippen molar-refractivity contribution in [1.29, 1.82) is 0 Å². The van der Waals surface area contributed by atoms with Gasteiger partial charge in [0.25, 0.3) is 0 Å². The summed E-state index contributed by atoms with van der Waals surface area (Å²) in [6.45, 7) is 3.75. The molecule has 0 radical (unpaired) electrons. The first-order chi connectivity index (χ1) is 10.0. The summed E-state index contributed by atoms with van der Waals surface area (Å²) in [5, 5.41) is 0. The van der Waals surface area contributed by atoms with Crippen LogP contribution in [-0.4, -0.2) is 54.0 Å². The Kier molecular flexibility index (Phi) is 3.36. The Labute approximate surface area is 123 Å². The van der Waals surface area contributed by atoms with Gasteiger partial charge in [0.1, 0.15) is 6.29 Å². The van der Waals surface area contributed by atoms with Crippen LogP contribution in [0.25, 0.3) is 0 Å². The highest BCUT2D eigenvalue weighted by Crippen LogP contribution is 2.47. The lowest BCUT2D eigenvalue weighted by atomic mass is 9.82. The third-order valence-electron chi connectivity index (χ3n) is 4.95. The molecular weight excluding hydrogens is 274 g/mol. The van der Waals surface area contributed by atoms with Gasteiger partial charge in [-0.3, -0.25) is 4.79 Å². The molecule has 0 unspecified atom stereocenters. The van der Waals surface area contributed by atoms with Crippen LogP contribution in [0.3, 0.4) is 0 Å². The minimum atomic E-state index is -0.896. The van der Waals surface area contributed by atoms with E-state index in [4.69, 9.17) is 9.47 Å². The summed E-state index contributed by atoms with van der Waals surface area (Å²) in [6.07, 6.45) is 2.82. The van der Waals surface area contributed by atoms with Crippen LogP contribution < -0.4 is 0 Å². The van der Waals surface area contributed by atoms with Gasteiger partial charge in [0.05, 0.1) is 18.2 Å². The largest absolute Gasteiger partial charge is 0.450 e. The summed E-state index contributed by atoms with van der Waals surface area (Å²) in [5.41, 5.74) is -0.492. The van der Waals surface area contributed by atoms with Crippen LogP contribution in [-0.2, 0) is 23.9 Å². The van der Waals surface area contributed by atoms with Gasteiger partial charge >= 0.3 is 5.97 Å². The van der Waals surface area contributed by atoms with Crippen LogP contribution in [0.5, 0.6) is 0 Å². The second-order valence-electron chi connectivity index (χ2n) is 5.99. The zero-order valence-corrected chi connectivity index (χ0v) is 12.0. The van der Waals surface area contributed by atoms with E-state index in [1.807, 2.05) is 0 Å². The molecule has 114 valence electrons. The maximum Gasteiger partial charge on any atom is 0.334 e. The van der Waals surface area contributed by atoms with Crippen molar-refractivity contribution in [1.82, 2.24) is 4.90 Å². The van der Waals surface area contributed by atoms with E-state index in [1.165, 1.54) is 0 Å². The Hall–Kier alpha value is -1.69. The smallest absolute Gasteiger partial charge is 0.334 e. The lowest BCUT2D eigenvalue weighted by molar-refractivity contribution is -0.172. The van der Waals surface area contributed by atoms with Gasteiger partial charge in [-0.25, -0.2) is 4.79 Å². The van der Waals surface area contributed by atoms with Crippen LogP contribution >= 0.6 is 0 Å². The molecular formula is C15H19NO5. The molecule has 1 spiro atoms. The number of amides is 1. The van der Waals surface area contributed by atoms with E-state index >= 15 is 0 Å². The van der Waals surface area contributed by atoms with Crippen molar-refractivity contribution in [3.05, 3.63) is 12.2 Å². The quantitative estimate of drug-likeness (QED) is 0.423. The minimum Gasteiger partial charge on any atom is -0.450 e. The van der Waals surface area contributed by atoms with E-state index in [2.05, 4.69) is 6.58 Å². The van der Waals surface area contributed by atoms with Crippen molar-refractivity contribution in [2.75, 3.05) is 7.11 Å². The van der Waals surface area contributed by atoms with Crippen LogP contribution in [0.4, 0.5) is 0 Å². The fraction of sp³-hybridized carbons (Fsp3) is 0.667. The summed E-state index contributed by atoms with van der Waals surface area (Å²) in [7, 11) is 1.56. The number of hydrogen-bond donors (Lipinski definition) is 0. The number of aldehydes is 1. The SMILES string of the molecule is C=C1C[C@@]2(OC1=O)[C@@H]1CC[C@@H](C=O)N1C(=O)CC[C@H]2OC. The standard InChI is InChI=1S/C15H19NO5/c1-9-7-15(21-14(9)19)11-4-3-10(8-17)16(11)13(18)6-5-12(15)20-2/h8,10-12H,1,3-7H2,2H3/t10-,11-,12+,15+/m0/s1. The highest BCUT2D eigenvalue weighted by molar-refractivity contribution is 5.91. The second kappa shape index (κ2) is 4.94. The van der Waals surface area contributed by atoms with Gasteiger partial charge in [-0.2, -0.15) is 0 Å². The molecule has 3 heterocycles. The first kappa shape index (κ1) is 14.3. The first-order valence-electron chi connectivity index (χ1n) is 7.24. The molecule has 21 heavy (non-hydrogen) atoms. The number of esters is 1. The Morgan fingerprint density at radius 3 is 2.71 bits per heavy atom. The zero-order chi connectivity index (χ0) is 15.2. The topological polar surface area (TPSA) is 72.9 Å². The molecule has 0 saturated carbocycles. The molecule has 6 nitrogen and oxygen atoms in total. The molecule has 3 saturated heterocycles. The fourth-order valence-electron chi connectivity index (χ4n) is 4.02. The normalized spacial score (nSPS) is 39.4. The molecule has 1 amide bonds. The maximum absolute atomic E-state index is 12.4. The van der Waals surface area contributed by atoms with E-state index in [9.17, 15) is 14.4 Å². The lowest BCUT2D eigenvalue weighted by Gasteiger charge is -2.41. The van der Waals surface area contributed by atoms with Gasteiger partial charge in [0, 0.05) is 25.5 Å². The predicted molar refractivity (Wildman–Crippen MR) is 72.3 cm³/mol. The molecule has 0 N–H and O–H groups in total. The van der Waals surface area contributed by atoms with Gasteiger partial charge < -0.3 is 19.2 Å². The molecule has 0 bridgehead atoms. The van der Waals surface area contributed by atoms with Crippen LogP contribution in [0, 0.1) is 0 Å². The number of carbonyl (C=O) groups is 3. The Morgan fingerprint density at radius 2 is 2.14 bits per heavy atom. The molecule has 0 aliphatic carbocycles. The van der Waals surface area contributed by atoms with Crippen molar-refractivity contribution in [3.63, 3.8) is 0 Å². The summed E-state index contributed by atoms with van der Waals surface area (Å²) in [5.74, 6) is -0.497. The number of fused-ring (bicyclic) bond motifs is 2. The van der Waals surface area contributed by atoms with E-state index in [0.717, 1.165) is 6.29 Å². The van der Waals surface area contributed by atoms with Gasteiger partial charge in [-0.15, -0.1) is 0 Å². The van der Waals surface area contributed by atoms with E-state index < -0.39 is 17.6 Å². The Balaban J connectivity index is 2.05. The molecule has 6 heteroatoms. The average molecular weight is 293 g/mol. The van der Waals surface area contributed by atoms with Gasteiger partial charge in [-0.05, 0) is 19.3 Å². The van der Waals surface area contributed by atoms with E-state index in [1.54, 1.807) is 12.0 Å². The molecule has 3 aliphatic rings. The molecule has 0 aromatic rings. The molecule has 0 aromatic heterocycles. The van der Waals surface area contributed by atoms with Gasteiger partial charge in [0.2, 0.25) is 5.91 Å². The van der Waals surface area contributed by atoms with Crippen LogP contribution in [0.15, 0.2) is 12.2 Å². The summed E-state index contributed by atoms with van der Waals surface area (Å²) in [6, 6.07) is -0.738. The lowest BCUT2D eigenvalue weighted by Crippen LogP contribution is -2.57. The second-order valence-corrected chi connectivity index (χ2v) is 5.99. The van der Waals surface area contributed by atoms with Crippen molar-refractivity contribution in [2.45, 2.75) is 55.9 Å². The van der Waals surface area contributed by atoms with Crippen molar-refractivity contribution < 1.29 is 23.9 Å². The molecule has 4 atom stereocenters. The van der Waals surface area contributed by atoms with E-state index in [-0.39, 0.29) is 18.1 Å². The fourth-order valence-corrected chi connectivity index (χ4v) is 4.02. The third kappa shape index (κ3) is 1.92. The Morgan fingerprint density at radius 1 is 1.38 bits per heavy atom. The summed E-state index contributed by atoms with van der Waals surface area (Å²) in [4.78, 5) is 37.1. The average Bonchev–Trinajstić information content (AvgIpc) is 2.99. The third-order valence-corrected chi connectivity index (χ3v) is 4.95. The van der Waals surface area contributed by atoms with Crippen LogP contribution in [0.2, 0.25) is 0 Å². The van der Waals surface area contributed by atoms with Crippen LogP contribution in [0.1, 0.15) is 32.1 Å². The van der Waals surface area contributed by atoms with E-state index in [0.29, 0.717) is 37.7 Å². The summed E-state index contributed by atoms with van der Waals surface area (Å²) >= 11 is 0. The molecule has 3 fully saturated rings. The van der Waals surface area contributed by atoms with Crippen molar-refractivity contribution in [3.8, 4) is 0 Å². The number of methoxy groups -OCH3 is 1. The first-order valence-corrected chi connectivity index (χ1v) is 7.24. The highest BCUT2D eigenvalue weighted by atomic mass is 16.6. The minimum absolute atomic E-state index is 0.0675. The van der Waals surface area contributed by atoms with Gasteiger partial charge in [-0.1, -0.05) is 6.58 Å². The zero-order valence-electron chi connectivity index (χ0n) is 12.0.